The lowest BCUT2D eigenvalue weighted by Crippen LogP contribution is -2.35. The molecular weight excluding hydrogens is 194 g/mol. The Morgan fingerprint density at radius 1 is 0.938 bits per heavy atom. The van der Waals surface area contributed by atoms with Crippen LogP contribution in [0.1, 0.15) is 84.5 Å². The summed E-state index contributed by atoms with van der Waals surface area (Å²) in [5.41, 5.74) is 6.44. The molecule has 0 aliphatic heterocycles. The molecule has 2 N–H and O–H groups in total. The van der Waals surface area contributed by atoms with E-state index in [0.717, 1.165) is 5.92 Å². The Labute approximate surface area is 102 Å². The minimum atomic E-state index is 0.112. The highest BCUT2D eigenvalue weighted by molar-refractivity contribution is 4.78. The van der Waals surface area contributed by atoms with Gasteiger partial charge in [0.05, 0.1) is 0 Å². The summed E-state index contributed by atoms with van der Waals surface area (Å²) in [6.45, 7) is 4.60. The molecule has 1 aliphatic carbocycles. The van der Waals surface area contributed by atoms with Crippen molar-refractivity contribution in [1.29, 1.82) is 0 Å². The van der Waals surface area contributed by atoms with Crippen LogP contribution in [0.25, 0.3) is 0 Å². The predicted molar refractivity (Wildman–Crippen MR) is 72.5 cm³/mol. The fraction of sp³-hybridized carbons (Fsp3) is 1.00. The van der Waals surface area contributed by atoms with Gasteiger partial charge in [0.15, 0.2) is 0 Å². The standard InChI is InChI=1S/C15H31N/c1-3-14-10-6-4-5-8-12-15(2,16)13-9-7-11-14/h14H,3-13,16H2,1-2H3. The van der Waals surface area contributed by atoms with Gasteiger partial charge in [0.25, 0.3) is 0 Å². The number of rotatable bonds is 1. The van der Waals surface area contributed by atoms with Gasteiger partial charge in [-0.05, 0) is 25.7 Å². The molecule has 0 aromatic rings. The van der Waals surface area contributed by atoms with Crippen molar-refractivity contribution >= 4 is 0 Å². The molecule has 0 saturated heterocycles. The molecule has 16 heavy (non-hydrogen) atoms. The minimum Gasteiger partial charge on any atom is -0.325 e. The van der Waals surface area contributed by atoms with Crippen molar-refractivity contribution < 1.29 is 0 Å². The smallest absolute Gasteiger partial charge is 0.0125 e. The van der Waals surface area contributed by atoms with E-state index in [1.165, 1.54) is 70.6 Å². The van der Waals surface area contributed by atoms with Gasteiger partial charge in [0.1, 0.15) is 0 Å². The normalized spacial score (nSPS) is 35.1. The van der Waals surface area contributed by atoms with Crippen molar-refractivity contribution in [2.45, 2.75) is 90.0 Å². The largest absolute Gasteiger partial charge is 0.325 e. The third kappa shape index (κ3) is 5.89. The molecule has 96 valence electrons. The zero-order valence-corrected chi connectivity index (χ0v) is 11.4. The highest BCUT2D eigenvalue weighted by atomic mass is 14.7. The van der Waals surface area contributed by atoms with E-state index in [9.17, 15) is 0 Å². The predicted octanol–water partition coefficient (Wildman–Crippen LogP) is 4.64. The summed E-state index contributed by atoms with van der Waals surface area (Å²) >= 11 is 0. The van der Waals surface area contributed by atoms with Gasteiger partial charge in [-0.3, -0.25) is 0 Å². The Hall–Kier alpha value is -0.0400. The molecule has 1 heteroatoms. The van der Waals surface area contributed by atoms with Crippen LogP contribution in [0.3, 0.4) is 0 Å². The van der Waals surface area contributed by atoms with Crippen LogP contribution in [0.2, 0.25) is 0 Å². The lowest BCUT2D eigenvalue weighted by Gasteiger charge is -2.26. The van der Waals surface area contributed by atoms with Crippen LogP contribution < -0.4 is 5.73 Å². The molecule has 0 radical (unpaired) electrons. The van der Waals surface area contributed by atoms with Crippen LogP contribution in [0.15, 0.2) is 0 Å². The van der Waals surface area contributed by atoms with Gasteiger partial charge in [-0.15, -0.1) is 0 Å². The van der Waals surface area contributed by atoms with Crippen molar-refractivity contribution in [2.75, 3.05) is 0 Å². The summed E-state index contributed by atoms with van der Waals surface area (Å²) in [6.07, 6.45) is 15.1. The molecule has 0 aromatic carbocycles. The molecule has 0 amide bonds. The Bertz CT molecular complexity index is 174. The summed E-state index contributed by atoms with van der Waals surface area (Å²) < 4.78 is 0. The van der Waals surface area contributed by atoms with Crippen LogP contribution in [-0.4, -0.2) is 5.54 Å². The average molecular weight is 225 g/mol. The zero-order valence-electron chi connectivity index (χ0n) is 11.4. The van der Waals surface area contributed by atoms with E-state index < -0.39 is 0 Å². The van der Waals surface area contributed by atoms with Gasteiger partial charge in [-0.25, -0.2) is 0 Å². The number of hydrogen-bond donors (Lipinski definition) is 1. The molecular formula is C15H31N. The van der Waals surface area contributed by atoms with Crippen molar-refractivity contribution in [3.8, 4) is 0 Å². The second-order valence-electron chi connectivity index (χ2n) is 6.13. The maximum atomic E-state index is 6.32. The van der Waals surface area contributed by atoms with Gasteiger partial charge in [0.2, 0.25) is 0 Å². The molecule has 2 unspecified atom stereocenters. The minimum absolute atomic E-state index is 0.112. The third-order valence-electron chi connectivity index (χ3n) is 4.30. The van der Waals surface area contributed by atoms with E-state index in [2.05, 4.69) is 13.8 Å². The Kier molecular flexibility index (Phi) is 6.41. The second kappa shape index (κ2) is 7.32. The molecule has 1 saturated carbocycles. The summed E-state index contributed by atoms with van der Waals surface area (Å²) in [4.78, 5) is 0. The molecule has 0 bridgehead atoms. The lowest BCUT2D eigenvalue weighted by molar-refractivity contribution is 0.331. The molecule has 1 rings (SSSR count). The first-order chi connectivity index (χ1) is 7.64. The topological polar surface area (TPSA) is 26.0 Å². The maximum absolute atomic E-state index is 6.32. The van der Waals surface area contributed by atoms with E-state index in [0.29, 0.717) is 0 Å². The van der Waals surface area contributed by atoms with Crippen molar-refractivity contribution in [3.63, 3.8) is 0 Å². The average Bonchev–Trinajstić information content (AvgIpc) is 2.24. The lowest BCUT2D eigenvalue weighted by atomic mass is 9.86. The van der Waals surface area contributed by atoms with Crippen LogP contribution in [0.5, 0.6) is 0 Å². The fourth-order valence-electron chi connectivity index (χ4n) is 2.95. The van der Waals surface area contributed by atoms with E-state index in [1.54, 1.807) is 0 Å². The van der Waals surface area contributed by atoms with Crippen molar-refractivity contribution in [3.05, 3.63) is 0 Å². The second-order valence-corrected chi connectivity index (χ2v) is 6.13. The number of hydrogen-bond acceptors (Lipinski definition) is 1. The van der Waals surface area contributed by atoms with Crippen LogP contribution >= 0.6 is 0 Å². The molecule has 2 atom stereocenters. The summed E-state index contributed by atoms with van der Waals surface area (Å²) in [6, 6.07) is 0. The SMILES string of the molecule is CCC1CCCCCCC(C)(N)CCCC1. The quantitative estimate of drug-likeness (QED) is 0.691. The third-order valence-corrected chi connectivity index (χ3v) is 4.30. The van der Waals surface area contributed by atoms with Gasteiger partial charge >= 0.3 is 0 Å². The molecule has 1 aliphatic rings. The Morgan fingerprint density at radius 2 is 1.44 bits per heavy atom. The highest BCUT2D eigenvalue weighted by Gasteiger charge is 2.18. The number of nitrogens with two attached hydrogens (primary N) is 1. The van der Waals surface area contributed by atoms with Crippen molar-refractivity contribution in [2.24, 2.45) is 11.7 Å². The van der Waals surface area contributed by atoms with Crippen molar-refractivity contribution in [1.82, 2.24) is 0 Å². The van der Waals surface area contributed by atoms with Gasteiger partial charge in [-0.1, -0.05) is 64.7 Å². The Balaban J connectivity index is 2.35. The molecule has 0 heterocycles. The van der Waals surface area contributed by atoms with E-state index in [-0.39, 0.29) is 5.54 Å². The molecule has 1 nitrogen and oxygen atoms in total. The summed E-state index contributed by atoms with van der Waals surface area (Å²) in [5.74, 6) is 0.989. The van der Waals surface area contributed by atoms with Gasteiger partial charge < -0.3 is 5.73 Å². The Morgan fingerprint density at radius 3 is 2.06 bits per heavy atom. The van der Waals surface area contributed by atoms with Gasteiger partial charge in [-0.2, -0.15) is 0 Å². The molecule has 0 spiro atoms. The fourth-order valence-corrected chi connectivity index (χ4v) is 2.95. The maximum Gasteiger partial charge on any atom is 0.0125 e. The first-order valence-electron chi connectivity index (χ1n) is 7.43. The monoisotopic (exact) mass is 225 g/mol. The summed E-state index contributed by atoms with van der Waals surface area (Å²) in [7, 11) is 0. The first-order valence-corrected chi connectivity index (χ1v) is 7.43. The van der Waals surface area contributed by atoms with E-state index in [1.807, 2.05) is 0 Å². The van der Waals surface area contributed by atoms with Crippen LogP contribution in [-0.2, 0) is 0 Å². The van der Waals surface area contributed by atoms with Gasteiger partial charge in [0, 0.05) is 5.54 Å². The van der Waals surface area contributed by atoms with E-state index >= 15 is 0 Å². The highest BCUT2D eigenvalue weighted by Crippen LogP contribution is 2.25. The van der Waals surface area contributed by atoms with E-state index in [4.69, 9.17) is 5.73 Å². The van der Waals surface area contributed by atoms with Crippen LogP contribution in [0.4, 0.5) is 0 Å². The zero-order chi connectivity index (χ0) is 11.9. The summed E-state index contributed by atoms with van der Waals surface area (Å²) in [5, 5.41) is 0. The van der Waals surface area contributed by atoms with Crippen LogP contribution in [0, 0.1) is 5.92 Å². The molecule has 1 fully saturated rings. The first kappa shape index (κ1) is 14.0. The molecule has 0 aromatic heterocycles.